The number of nitrogens with zero attached hydrogens (tertiary/aromatic N) is 1. The summed E-state index contributed by atoms with van der Waals surface area (Å²) in [7, 11) is 0. The third kappa shape index (κ3) is 8.17. The van der Waals surface area contributed by atoms with E-state index in [2.05, 4.69) is 274 Å². The number of hydrogen-bond acceptors (Lipinski definition) is 2. The Hall–Kier alpha value is -8.98. The molecule has 2 nitrogen and oxygen atoms in total. The van der Waals surface area contributed by atoms with Crippen LogP contribution in [0.5, 0.6) is 0 Å². The molecule has 0 spiro atoms. The molecule has 1 heterocycles. The Morgan fingerprint density at radius 3 is 1.28 bits per heavy atom. The van der Waals surface area contributed by atoms with Crippen LogP contribution in [0.3, 0.4) is 0 Å². The van der Waals surface area contributed by atoms with Crippen LogP contribution in [-0.2, 0) is 0 Å². The van der Waals surface area contributed by atoms with E-state index in [0.717, 1.165) is 61.3 Å². The first kappa shape index (κ1) is 44.2. The molecule has 344 valence electrons. The van der Waals surface area contributed by atoms with Crippen LogP contribution in [0, 0.1) is 20.8 Å². The maximum atomic E-state index is 6.45. The number of fused-ring (bicyclic) bond motifs is 3. The quantitative estimate of drug-likeness (QED) is 0.120. The predicted molar refractivity (Wildman–Crippen MR) is 304 cm³/mol. The molecule has 0 bridgehead atoms. The molecular formula is C70H53NO. The Labute approximate surface area is 422 Å². The van der Waals surface area contributed by atoms with E-state index in [1.54, 1.807) is 0 Å². The van der Waals surface area contributed by atoms with Crippen LogP contribution in [0.15, 0.2) is 265 Å². The maximum Gasteiger partial charge on any atom is 0.143 e. The van der Waals surface area contributed by atoms with Crippen LogP contribution < -0.4 is 4.90 Å². The van der Waals surface area contributed by atoms with Crippen LogP contribution in [0.4, 0.5) is 17.1 Å². The van der Waals surface area contributed by atoms with Crippen LogP contribution >= 0.6 is 0 Å². The molecule has 0 amide bonds. The molecule has 0 aliphatic carbocycles. The number of benzene rings is 11. The molecule has 0 aliphatic heterocycles. The van der Waals surface area contributed by atoms with E-state index in [0.29, 0.717) is 0 Å². The highest BCUT2D eigenvalue weighted by Gasteiger charge is 2.28. The molecule has 2 heteroatoms. The lowest BCUT2D eigenvalue weighted by Gasteiger charge is -2.28. The van der Waals surface area contributed by atoms with Crippen molar-refractivity contribution in [1.29, 1.82) is 0 Å². The fourth-order valence-electron chi connectivity index (χ4n) is 10.9. The normalized spacial score (nSPS) is 11.4. The summed E-state index contributed by atoms with van der Waals surface area (Å²) in [6.07, 6.45) is 0. The lowest BCUT2D eigenvalue weighted by molar-refractivity contribution is 0.670. The van der Waals surface area contributed by atoms with Crippen molar-refractivity contribution in [2.45, 2.75) is 26.7 Å². The van der Waals surface area contributed by atoms with Crippen molar-refractivity contribution in [3.05, 3.63) is 294 Å². The van der Waals surface area contributed by atoms with Crippen LogP contribution in [0.2, 0.25) is 0 Å². The van der Waals surface area contributed by atoms with Gasteiger partial charge in [-0.05, 0) is 153 Å². The summed E-state index contributed by atoms with van der Waals surface area (Å²) in [6, 6.07) is 95.0. The fraction of sp³-hybridized carbons (Fsp3) is 0.0571. The molecule has 0 unspecified atom stereocenters. The maximum absolute atomic E-state index is 6.45. The van der Waals surface area contributed by atoms with Gasteiger partial charge < -0.3 is 9.32 Å². The Kier molecular flexibility index (Phi) is 11.7. The summed E-state index contributed by atoms with van der Waals surface area (Å²) in [4.78, 5) is 2.34. The number of para-hydroxylation sites is 3. The van der Waals surface area contributed by atoms with Crippen molar-refractivity contribution in [3.8, 4) is 55.6 Å². The summed E-state index contributed by atoms with van der Waals surface area (Å²) in [5.74, 6) is -0.124. The molecule has 0 N–H and O–H groups in total. The van der Waals surface area contributed by atoms with Crippen molar-refractivity contribution in [2.75, 3.05) is 4.90 Å². The molecule has 0 saturated heterocycles. The van der Waals surface area contributed by atoms with Gasteiger partial charge in [0.1, 0.15) is 11.2 Å². The first-order chi connectivity index (χ1) is 35.5. The van der Waals surface area contributed by atoms with E-state index in [9.17, 15) is 0 Å². The van der Waals surface area contributed by atoms with Crippen molar-refractivity contribution < 1.29 is 4.42 Å². The lowest BCUT2D eigenvalue weighted by Crippen LogP contribution is -2.10. The summed E-state index contributed by atoms with van der Waals surface area (Å²) in [5.41, 5.74) is 24.6. The second-order valence-electron chi connectivity index (χ2n) is 18.9. The lowest BCUT2D eigenvalue weighted by atomic mass is 9.75. The van der Waals surface area contributed by atoms with E-state index in [4.69, 9.17) is 4.42 Å². The third-order valence-electron chi connectivity index (χ3n) is 14.5. The number of rotatable bonds is 11. The van der Waals surface area contributed by atoms with E-state index in [1.165, 1.54) is 66.8 Å². The van der Waals surface area contributed by atoms with Gasteiger partial charge in [-0.3, -0.25) is 0 Å². The number of aryl methyl sites for hydroxylation is 3. The monoisotopic (exact) mass is 923 g/mol. The molecule has 1 aromatic heterocycles. The van der Waals surface area contributed by atoms with Gasteiger partial charge in [-0.15, -0.1) is 0 Å². The molecule has 0 saturated carbocycles. The Morgan fingerprint density at radius 2 is 0.708 bits per heavy atom. The van der Waals surface area contributed by atoms with Gasteiger partial charge in [0.05, 0.1) is 0 Å². The Balaban J connectivity index is 0.999. The predicted octanol–water partition coefficient (Wildman–Crippen LogP) is 19.5. The van der Waals surface area contributed by atoms with Gasteiger partial charge in [0.15, 0.2) is 0 Å². The Bertz CT molecular complexity index is 3810. The van der Waals surface area contributed by atoms with Crippen molar-refractivity contribution in [2.24, 2.45) is 0 Å². The van der Waals surface area contributed by atoms with E-state index < -0.39 is 0 Å². The van der Waals surface area contributed by atoms with Gasteiger partial charge >= 0.3 is 0 Å². The number of hydrogen-bond donors (Lipinski definition) is 0. The zero-order valence-corrected chi connectivity index (χ0v) is 40.8. The second kappa shape index (κ2) is 19.1. The zero-order valence-electron chi connectivity index (χ0n) is 40.8. The molecule has 0 radical (unpaired) electrons. The standard InChI is InChI=1S/C70H53NO/c1-47-20-7-10-25-56(47)60-28-13-15-31-64(60)69(65-32-16-14-29-61(65)57-26-11-8-21-48(57)2)67-46-52(40-45-62(67)58-27-12-9-22-49(58)3)50-36-41-54(42-37-50)71(53-23-5-4-6-24-53)55-43-38-51(39-44-55)59-33-19-34-66-63-30-17-18-35-68(63)72-70(59)66/h4-46,69H,1-3H3. The molecule has 0 atom stereocenters. The van der Waals surface area contributed by atoms with Gasteiger partial charge in [0, 0.05) is 39.3 Å². The smallest absolute Gasteiger partial charge is 0.143 e. The largest absolute Gasteiger partial charge is 0.455 e. The average Bonchev–Trinajstić information content (AvgIpc) is 3.82. The highest BCUT2D eigenvalue weighted by molar-refractivity contribution is 6.09. The molecule has 0 aliphatic rings. The van der Waals surface area contributed by atoms with Gasteiger partial charge in [-0.1, -0.05) is 212 Å². The minimum Gasteiger partial charge on any atom is -0.455 e. The van der Waals surface area contributed by atoms with Crippen LogP contribution in [0.25, 0.3) is 77.6 Å². The van der Waals surface area contributed by atoms with E-state index in [1.807, 2.05) is 12.1 Å². The summed E-state index contributed by atoms with van der Waals surface area (Å²) in [6.45, 7) is 6.68. The van der Waals surface area contributed by atoms with Gasteiger partial charge in [0.2, 0.25) is 0 Å². The minimum absolute atomic E-state index is 0.124. The third-order valence-corrected chi connectivity index (χ3v) is 14.5. The van der Waals surface area contributed by atoms with Gasteiger partial charge in [-0.2, -0.15) is 0 Å². The first-order valence-corrected chi connectivity index (χ1v) is 24.9. The summed E-state index contributed by atoms with van der Waals surface area (Å²) < 4.78 is 6.45. The average molecular weight is 924 g/mol. The molecule has 11 aromatic carbocycles. The minimum atomic E-state index is -0.124. The zero-order chi connectivity index (χ0) is 48.5. The van der Waals surface area contributed by atoms with Crippen molar-refractivity contribution >= 4 is 39.0 Å². The number of furan rings is 1. The SMILES string of the molecule is Cc1ccccc1-c1ccccc1C(c1ccccc1-c1ccccc1C)c1cc(-c2ccc(N(c3ccccc3)c3ccc(-c4cccc5c4oc4ccccc45)cc3)cc2)ccc1-c1ccccc1C. The van der Waals surface area contributed by atoms with Gasteiger partial charge in [-0.25, -0.2) is 0 Å². The molecule has 12 rings (SSSR count). The highest BCUT2D eigenvalue weighted by Crippen LogP contribution is 2.48. The van der Waals surface area contributed by atoms with Crippen molar-refractivity contribution in [3.63, 3.8) is 0 Å². The second-order valence-corrected chi connectivity index (χ2v) is 18.9. The fourth-order valence-corrected chi connectivity index (χ4v) is 10.9. The molecule has 12 aromatic rings. The highest BCUT2D eigenvalue weighted by atomic mass is 16.3. The first-order valence-electron chi connectivity index (χ1n) is 24.9. The Morgan fingerprint density at radius 1 is 0.292 bits per heavy atom. The van der Waals surface area contributed by atoms with Crippen molar-refractivity contribution in [1.82, 2.24) is 0 Å². The molecule has 0 fully saturated rings. The van der Waals surface area contributed by atoms with E-state index in [-0.39, 0.29) is 5.92 Å². The van der Waals surface area contributed by atoms with Crippen LogP contribution in [-0.4, -0.2) is 0 Å². The summed E-state index contributed by atoms with van der Waals surface area (Å²) in [5, 5.41) is 2.26. The number of anilines is 3. The summed E-state index contributed by atoms with van der Waals surface area (Å²) >= 11 is 0. The molecular weight excluding hydrogens is 871 g/mol. The van der Waals surface area contributed by atoms with Crippen LogP contribution in [0.1, 0.15) is 39.3 Å². The van der Waals surface area contributed by atoms with E-state index >= 15 is 0 Å². The van der Waals surface area contributed by atoms with Gasteiger partial charge in [0.25, 0.3) is 0 Å². The topological polar surface area (TPSA) is 16.4 Å². The molecule has 72 heavy (non-hydrogen) atoms.